The molecule has 0 aromatic heterocycles. The Morgan fingerprint density at radius 1 is 1.00 bits per heavy atom. The van der Waals surface area contributed by atoms with Crippen LogP contribution in [0.1, 0.15) is 34.6 Å². The molecule has 0 aliphatic carbocycles. The van der Waals surface area contributed by atoms with Gasteiger partial charge in [0.15, 0.2) is 0 Å². The second kappa shape index (κ2) is 24.6. The summed E-state index contributed by atoms with van der Waals surface area (Å²) in [6, 6.07) is 0. The van der Waals surface area contributed by atoms with Crippen molar-refractivity contribution in [2.45, 2.75) is 60.8 Å². The number of carboxylic acids is 1. The molecule has 2 radical (unpaired) electrons. The molecule has 0 heterocycles. The molecule has 0 bridgehead atoms. The fraction of sp³-hybridized carbons (Fsp3) is 0.846. The van der Waals surface area contributed by atoms with E-state index in [0.717, 1.165) is 0 Å². The maximum absolute atomic E-state index is 9.70. The van der Waals surface area contributed by atoms with Gasteiger partial charge in [-0.05, 0) is 20.8 Å². The van der Waals surface area contributed by atoms with Crippen molar-refractivity contribution in [3.63, 3.8) is 0 Å². The van der Waals surface area contributed by atoms with E-state index < -0.39 is 14.0 Å². The first-order valence-corrected chi connectivity index (χ1v) is 10.1. The van der Waals surface area contributed by atoms with Crippen molar-refractivity contribution in [3.05, 3.63) is 0 Å². The summed E-state index contributed by atoms with van der Waals surface area (Å²) in [6.07, 6.45) is 0. The second-order valence-corrected chi connectivity index (χ2v) is 11.7. The molecular weight excluding hydrogens is 621 g/mol. The number of hydrogen-bond acceptors (Lipinski definition) is 3. The zero-order valence-electron chi connectivity index (χ0n) is 14.3. The summed E-state index contributed by atoms with van der Waals surface area (Å²) in [6.45, 7) is 17.6. The Bertz CT molecular complexity index is 195. The van der Waals surface area contributed by atoms with Gasteiger partial charge in [-0.1, -0.05) is 40.0 Å². The van der Waals surface area contributed by atoms with E-state index in [-0.39, 0.29) is 59.2 Å². The first kappa shape index (κ1) is 37.1. The van der Waals surface area contributed by atoms with E-state index in [4.69, 9.17) is 10.2 Å². The van der Waals surface area contributed by atoms with Crippen molar-refractivity contribution in [1.29, 1.82) is 0 Å². The van der Waals surface area contributed by atoms with Crippen LogP contribution in [0.2, 0.25) is 26.2 Å². The Morgan fingerprint density at radius 3 is 1.05 bits per heavy atom. The molecule has 0 spiro atoms. The van der Waals surface area contributed by atoms with Crippen LogP contribution in [0.3, 0.4) is 0 Å². The normalized spacial score (nSPS) is 7.95. The molecule has 0 fully saturated rings. The first-order valence-electron chi connectivity index (χ1n) is 6.10. The Labute approximate surface area is 153 Å². The molecule has 126 valence electrons. The van der Waals surface area contributed by atoms with Gasteiger partial charge >= 0.3 is 5.97 Å². The number of aliphatic carboxylic acids is 1. The summed E-state index contributed by atoms with van der Waals surface area (Å²) in [5.41, 5.74) is 0. The van der Waals surface area contributed by atoms with Crippen molar-refractivity contribution in [2.75, 3.05) is 6.61 Å². The van der Waals surface area contributed by atoms with Crippen LogP contribution >= 0.6 is 0 Å². The topological polar surface area (TPSA) is 74.6 Å². The fourth-order valence-corrected chi connectivity index (χ4v) is 0. The minimum Gasteiger partial charge on any atom is -0.481 e. The Kier molecular flexibility index (Phi) is 45.8. The smallest absolute Gasteiger partial charge is 0.305 e. The third kappa shape index (κ3) is 269. The van der Waals surface area contributed by atoms with Crippen molar-refractivity contribution >= 4 is 19.8 Å². The van der Waals surface area contributed by atoms with Crippen molar-refractivity contribution < 1.29 is 60.6 Å². The monoisotopic (exact) mass is 654 g/mol. The SMILES string of the molecule is CC(C)=O.CC(C)C(=O)O.CCO.C[Si](C)(C)C.[Re].[Re]. The average molecular weight is 653 g/mol. The van der Waals surface area contributed by atoms with Crippen LogP contribution in [0.15, 0.2) is 0 Å². The molecule has 0 aromatic carbocycles. The number of carbonyl (C=O) groups excluding carboxylic acids is 1. The van der Waals surface area contributed by atoms with Gasteiger partial charge < -0.3 is 15.0 Å². The minimum atomic E-state index is -0.741. The standard InChI is InChI=1S/C4H8O2.C4H12Si.C3H6O.C2H6O.2Re/c1-3(2)4(5)6;1-5(2,3)4;1-3(2)4;1-2-3;;/h3H,1-2H3,(H,5,6);1-4H3;1-2H3;3H,2H2,1H3;;. The van der Waals surface area contributed by atoms with E-state index >= 15 is 0 Å². The van der Waals surface area contributed by atoms with E-state index in [1.807, 2.05) is 0 Å². The number of aliphatic hydroxyl groups is 1. The van der Waals surface area contributed by atoms with Crippen LogP contribution in [-0.2, 0) is 50.4 Å². The molecule has 0 aliphatic heterocycles. The van der Waals surface area contributed by atoms with E-state index in [9.17, 15) is 9.59 Å². The molecule has 0 unspecified atom stereocenters. The summed E-state index contributed by atoms with van der Waals surface area (Å²) in [7, 11) is -0.611. The van der Waals surface area contributed by atoms with Crippen LogP contribution in [0.25, 0.3) is 0 Å². The number of aliphatic hydroxyl groups excluding tert-OH is 1. The van der Waals surface area contributed by atoms with Gasteiger partial charge in [0.2, 0.25) is 0 Å². The van der Waals surface area contributed by atoms with Crippen LogP contribution < -0.4 is 0 Å². The van der Waals surface area contributed by atoms with E-state index in [1.54, 1.807) is 20.8 Å². The maximum Gasteiger partial charge on any atom is 0.305 e. The number of Topliss-reactive ketones (excluding diaryl/α,β-unsaturated/α-hetero) is 1. The quantitative estimate of drug-likeness (QED) is 0.427. The molecule has 0 saturated heterocycles. The number of ketones is 1. The Morgan fingerprint density at radius 2 is 1.05 bits per heavy atom. The van der Waals surface area contributed by atoms with Gasteiger partial charge in [-0.25, -0.2) is 0 Å². The van der Waals surface area contributed by atoms with Gasteiger partial charge in [0, 0.05) is 55.5 Å². The first-order chi connectivity index (χ1) is 7.79. The number of rotatable bonds is 1. The summed E-state index contributed by atoms with van der Waals surface area (Å²) >= 11 is 0. The summed E-state index contributed by atoms with van der Waals surface area (Å²) in [5.74, 6) is -0.806. The van der Waals surface area contributed by atoms with E-state index in [2.05, 4.69) is 26.2 Å². The van der Waals surface area contributed by atoms with Gasteiger partial charge in [-0.3, -0.25) is 4.79 Å². The second-order valence-electron chi connectivity index (χ2n) is 5.72. The number of carbonyl (C=O) groups is 2. The molecule has 0 amide bonds. The zero-order chi connectivity index (χ0) is 15.9. The number of hydrogen-bond donors (Lipinski definition) is 2. The average Bonchev–Trinajstić information content (AvgIpc) is 2.00. The Hall–Kier alpha value is 0.642. The van der Waals surface area contributed by atoms with Crippen LogP contribution in [0.4, 0.5) is 0 Å². The largest absolute Gasteiger partial charge is 0.481 e. The van der Waals surface area contributed by atoms with Gasteiger partial charge in [0.05, 0.1) is 5.92 Å². The van der Waals surface area contributed by atoms with Gasteiger partial charge in [-0.15, -0.1) is 0 Å². The predicted molar refractivity (Wildman–Crippen MR) is 80.8 cm³/mol. The molecular formula is C13H32O4Re2Si. The summed E-state index contributed by atoms with van der Waals surface area (Å²) in [5, 5.41) is 15.6. The van der Waals surface area contributed by atoms with Crippen molar-refractivity contribution in [3.8, 4) is 0 Å². The summed E-state index contributed by atoms with van der Waals surface area (Å²) in [4.78, 5) is 19.1. The van der Waals surface area contributed by atoms with E-state index in [0.29, 0.717) is 0 Å². The molecule has 0 rings (SSSR count). The third-order valence-corrected chi connectivity index (χ3v) is 0.494. The summed E-state index contributed by atoms with van der Waals surface area (Å²) < 4.78 is 0. The number of carboxylic acid groups (broad SMARTS) is 1. The van der Waals surface area contributed by atoms with E-state index in [1.165, 1.54) is 13.8 Å². The van der Waals surface area contributed by atoms with Crippen molar-refractivity contribution in [2.24, 2.45) is 5.92 Å². The molecule has 20 heavy (non-hydrogen) atoms. The van der Waals surface area contributed by atoms with Gasteiger partial charge in [0.25, 0.3) is 0 Å². The molecule has 2 N–H and O–H groups in total. The van der Waals surface area contributed by atoms with Crippen LogP contribution in [0.5, 0.6) is 0 Å². The molecule has 0 atom stereocenters. The van der Waals surface area contributed by atoms with Gasteiger partial charge in [0.1, 0.15) is 5.78 Å². The van der Waals surface area contributed by atoms with Crippen LogP contribution in [-0.4, -0.2) is 36.6 Å². The third-order valence-electron chi connectivity index (χ3n) is 0.494. The molecule has 0 aliphatic rings. The molecule has 4 nitrogen and oxygen atoms in total. The van der Waals surface area contributed by atoms with Gasteiger partial charge in [-0.2, -0.15) is 0 Å². The van der Waals surface area contributed by atoms with Crippen molar-refractivity contribution in [1.82, 2.24) is 0 Å². The maximum atomic E-state index is 9.70. The Balaban J connectivity index is -0.0000000325. The molecule has 0 aromatic rings. The minimum absolute atomic E-state index is 0. The zero-order valence-corrected chi connectivity index (χ0v) is 20.7. The van der Waals surface area contributed by atoms with Crippen LogP contribution in [0, 0.1) is 5.92 Å². The fourth-order valence-electron chi connectivity index (χ4n) is 0. The predicted octanol–water partition coefficient (Wildman–Crippen LogP) is 3.27. The molecule has 7 heteroatoms. The molecule has 0 saturated carbocycles.